The summed E-state index contributed by atoms with van der Waals surface area (Å²) in [5, 5.41) is 9.42. The topological polar surface area (TPSA) is 58.0 Å². The Labute approximate surface area is 108 Å². The van der Waals surface area contributed by atoms with E-state index in [9.17, 15) is 9.18 Å². The van der Waals surface area contributed by atoms with E-state index in [1.54, 1.807) is 18.2 Å². The summed E-state index contributed by atoms with van der Waals surface area (Å²) in [4.78, 5) is 13.7. The Morgan fingerprint density at radius 2 is 2.11 bits per heavy atom. The summed E-state index contributed by atoms with van der Waals surface area (Å²) >= 11 is 0. The van der Waals surface area contributed by atoms with Crippen LogP contribution in [-0.4, -0.2) is 20.6 Å². The highest BCUT2D eigenvalue weighted by Gasteiger charge is 2.13. The number of carboxylic acids is 1. The SMILES string of the molecule is Cn1c(-c2ccc(C(=O)O)[nH]2)cc2c(F)cccc21. The fraction of sp³-hybridized carbons (Fsp3) is 0.0714. The average molecular weight is 258 g/mol. The first-order valence-corrected chi connectivity index (χ1v) is 5.74. The lowest BCUT2D eigenvalue weighted by molar-refractivity contribution is 0.0691. The number of benzene rings is 1. The van der Waals surface area contributed by atoms with Crippen molar-refractivity contribution in [3.05, 3.63) is 47.9 Å². The highest BCUT2D eigenvalue weighted by Crippen LogP contribution is 2.28. The third-order valence-corrected chi connectivity index (χ3v) is 3.23. The van der Waals surface area contributed by atoms with Gasteiger partial charge in [0.2, 0.25) is 0 Å². The number of aromatic nitrogens is 2. The van der Waals surface area contributed by atoms with Gasteiger partial charge in [0, 0.05) is 12.4 Å². The van der Waals surface area contributed by atoms with Crippen molar-refractivity contribution in [1.29, 1.82) is 0 Å². The van der Waals surface area contributed by atoms with E-state index in [4.69, 9.17) is 5.11 Å². The second-order valence-corrected chi connectivity index (χ2v) is 4.35. The van der Waals surface area contributed by atoms with Gasteiger partial charge in [-0.2, -0.15) is 0 Å². The van der Waals surface area contributed by atoms with Crippen LogP contribution in [0.2, 0.25) is 0 Å². The van der Waals surface area contributed by atoms with E-state index in [1.807, 2.05) is 17.7 Å². The predicted octanol–water partition coefficient (Wildman–Crippen LogP) is 3.01. The van der Waals surface area contributed by atoms with Gasteiger partial charge in [-0.1, -0.05) is 6.07 Å². The second-order valence-electron chi connectivity index (χ2n) is 4.35. The molecule has 1 aromatic carbocycles. The van der Waals surface area contributed by atoms with E-state index >= 15 is 0 Å². The van der Waals surface area contributed by atoms with Crippen LogP contribution in [0.5, 0.6) is 0 Å². The molecule has 0 unspecified atom stereocenters. The molecule has 96 valence electrons. The molecule has 0 aliphatic heterocycles. The maximum Gasteiger partial charge on any atom is 0.352 e. The van der Waals surface area contributed by atoms with Gasteiger partial charge in [0.25, 0.3) is 0 Å². The number of hydrogen-bond acceptors (Lipinski definition) is 1. The molecule has 0 spiro atoms. The lowest BCUT2D eigenvalue weighted by Crippen LogP contribution is -1.96. The molecular weight excluding hydrogens is 247 g/mol. The van der Waals surface area contributed by atoms with Crippen molar-refractivity contribution in [2.24, 2.45) is 7.05 Å². The monoisotopic (exact) mass is 258 g/mol. The van der Waals surface area contributed by atoms with Gasteiger partial charge >= 0.3 is 5.97 Å². The third-order valence-electron chi connectivity index (χ3n) is 3.23. The number of carboxylic acid groups (broad SMARTS) is 1. The summed E-state index contributed by atoms with van der Waals surface area (Å²) in [5.41, 5.74) is 2.27. The van der Waals surface area contributed by atoms with Crippen molar-refractivity contribution in [3.8, 4) is 11.4 Å². The van der Waals surface area contributed by atoms with Crippen LogP contribution in [0.4, 0.5) is 4.39 Å². The minimum Gasteiger partial charge on any atom is -0.477 e. The van der Waals surface area contributed by atoms with Gasteiger partial charge in [0.05, 0.1) is 16.9 Å². The van der Waals surface area contributed by atoms with Crippen LogP contribution in [0.25, 0.3) is 22.3 Å². The summed E-state index contributed by atoms with van der Waals surface area (Å²) in [6, 6.07) is 9.76. The zero-order valence-electron chi connectivity index (χ0n) is 10.1. The second kappa shape index (κ2) is 3.98. The molecule has 0 atom stereocenters. The Kier molecular flexibility index (Phi) is 2.41. The number of H-pyrrole nitrogens is 1. The maximum absolute atomic E-state index is 13.7. The van der Waals surface area contributed by atoms with Crippen LogP contribution in [0.15, 0.2) is 36.4 Å². The number of rotatable bonds is 2. The molecule has 5 heteroatoms. The van der Waals surface area contributed by atoms with Crippen LogP contribution in [0.3, 0.4) is 0 Å². The molecule has 0 radical (unpaired) electrons. The molecule has 0 amide bonds. The van der Waals surface area contributed by atoms with Crippen LogP contribution < -0.4 is 0 Å². The number of halogens is 1. The molecule has 3 aromatic rings. The first kappa shape index (κ1) is 11.5. The van der Waals surface area contributed by atoms with Gasteiger partial charge in [-0.15, -0.1) is 0 Å². The number of fused-ring (bicyclic) bond motifs is 1. The first-order valence-electron chi connectivity index (χ1n) is 5.74. The van der Waals surface area contributed by atoms with Crippen molar-refractivity contribution in [1.82, 2.24) is 9.55 Å². The average Bonchev–Trinajstić information content (AvgIpc) is 2.96. The van der Waals surface area contributed by atoms with Crippen molar-refractivity contribution >= 4 is 16.9 Å². The van der Waals surface area contributed by atoms with E-state index in [-0.39, 0.29) is 11.5 Å². The number of carbonyl (C=O) groups is 1. The zero-order chi connectivity index (χ0) is 13.6. The molecule has 2 aromatic heterocycles. The number of aromatic carboxylic acids is 1. The normalized spacial score (nSPS) is 11.1. The standard InChI is InChI=1S/C14H11FN2O2/c1-17-12-4-2-3-9(15)8(12)7-13(17)10-5-6-11(16-10)14(18)19/h2-7,16H,1H3,(H,18,19). The van der Waals surface area contributed by atoms with Gasteiger partial charge in [0.15, 0.2) is 0 Å². The summed E-state index contributed by atoms with van der Waals surface area (Å²) in [5.74, 6) is -1.31. The van der Waals surface area contributed by atoms with Gasteiger partial charge in [-0.25, -0.2) is 9.18 Å². The molecule has 0 saturated carbocycles. The maximum atomic E-state index is 13.7. The minimum absolute atomic E-state index is 0.112. The lowest BCUT2D eigenvalue weighted by Gasteiger charge is -2.01. The fourth-order valence-electron chi connectivity index (χ4n) is 2.25. The summed E-state index contributed by atoms with van der Waals surface area (Å²) in [6.45, 7) is 0. The van der Waals surface area contributed by atoms with Crippen molar-refractivity contribution in [3.63, 3.8) is 0 Å². The minimum atomic E-state index is -1.02. The third kappa shape index (κ3) is 1.71. The molecule has 4 nitrogen and oxygen atoms in total. The molecule has 0 bridgehead atoms. The highest BCUT2D eigenvalue weighted by atomic mass is 19.1. The Morgan fingerprint density at radius 3 is 2.74 bits per heavy atom. The molecular formula is C14H11FN2O2. The summed E-state index contributed by atoms with van der Waals surface area (Å²) in [7, 11) is 1.82. The van der Waals surface area contributed by atoms with Crippen LogP contribution >= 0.6 is 0 Å². The number of aromatic amines is 1. The quantitative estimate of drug-likeness (QED) is 0.742. The number of nitrogens with one attached hydrogen (secondary N) is 1. The van der Waals surface area contributed by atoms with Crippen LogP contribution in [0.1, 0.15) is 10.5 Å². The first-order chi connectivity index (χ1) is 9.08. The molecule has 0 aliphatic rings. The molecule has 0 aliphatic carbocycles. The Morgan fingerprint density at radius 1 is 1.32 bits per heavy atom. The Bertz CT molecular complexity index is 786. The van der Waals surface area contributed by atoms with E-state index in [2.05, 4.69) is 4.98 Å². The van der Waals surface area contributed by atoms with Crippen LogP contribution in [-0.2, 0) is 7.05 Å². The van der Waals surface area contributed by atoms with Gasteiger partial charge in [-0.3, -0.25) is 0 Å². The van der Waals surface area contributed by atoms with Crippen molar-refractivity contribution < 1.29 is 14.3 Å². The summed E-state index contributed by atoms with van der Waals surface area (Å²) in [6.07, 6.45) is 0. The number of aryl methyl sites for hydroxylation is 1. The molecule has 2 N–H and O–H groups in total. The molecule has 0 fully saturated rings. The van der Waals surface area contributed by atoms with Gasteiger partial charge < -0.3 is 14.7 Å². The predicted molar refractivity (Wildman–Crippen MR) is 69.6 cm³/mol. The molecule has 19 heavy (non-hydrogen) atoms. The van der Waals surface area contributed by atoms with E-state index in [0.29, 0.717) is 11.1 Å². The highest BCUT2D eigenvalue weighted by molar-refractivity contribution is 5.89. The summed E-state index contributed by atoms with van der Waals surface area (Å²) < 4.78 is 15.5. The number of hydrogen-bond donors (Lipinski definition) is 2. The Hall–Kier alpha value is -2.56. The smallest absolute Gasteiger partial charge is 0.352 e. The van der Waals surface area contributed by atoms with Gasteiger partial charge in [0.1, 0.15) is 11.5 Å². The van der Waals surface area contributed by atoms with Crippen molar-refractivity contribution in [2.75, 3.05) is 0 Å². The van der Waals surface area contributed by atoms with E-state index < -0.39 is 5.97 Å². The lowest BCUT2D eigenvalue weighted by atomic mass is 10.2. The van der Waals surface area contributed by atoms with E-state index in [0.717, 1.165) is 11.2 Å². The fourth-order valence-corrected chi connectivity index (χ4v) is 2.25. The van der Waals surface area contributed by atoms with Crippen molar-refractivity contribution in [2.45, 2.75) is 0 Å². The number of nitrogens with zero attached hydrogens (tertiary/aromatic N) is 1. The zero-order valence-corrected chi connectivity index (χ0v) is 10.1. The largest absolute Gasteiger partial charge is 0.477 e. The van der Waals surface area contributed by atoms with E-state index in [1.165, 1.54) is 12.1 Å². The molecule has 0 saturated heterocycles. The van der Waals surface area contributed by atoms with Crippen LogP contribution in [0, 0.1) is 5.82 Å². The van der Waals surface area contributed by atoms with Gasteiger partial charge in [-0.05, 0) is 30.3 Å². The Balaban J connectivity index is 2.22. The molecule has 2 heterocycles. The molecule has 3 rings (SSSR count).